The molecule has 0 unspecified atom stereocenters. The Balaban J connectivity index is 2.97. The second-order valence-electron chi connectivity index (χ2n) is 5.44. The van der Waals surface area contributed by atoms with Crippen molar-refractivity contribution < 1.29 is 28.7 Å². The van der Waals surface area contributed by atoms with Crippen molar-refractivity contribution in [2.24, 2.45) is 5.92 Å². The lowest BCUT2D eigenvalue weighted by atomic mass is 10.0. The van der Waals surface area contributed by atoms with Gasteiger partial charge in [0.2, 0.25) is 5.91 Å². The van der Waals surface area contributed by atoms with Gasteiger partial charge in [0.15, 0.2) is 0 Å². The maximum absolute atomic E-state index is 12.5. The summed E-state index contributed by atoms with van der Waals surface area (Å²) in [4.78, 5) is 47.2. The van der Waals surface area contributed by atoms with Gasteiger partial charge in [-0.3, -0.25) is 14.4 Å². The maximum atomic E-state index is 12.5. The number of anilines is 1. The minimum atomic E-state index is -1.03. The number of benzene rings is 1. The molecule has 2 N–H and O–H groups in total. The number of methoxy groups -OCH3 is 2. The molecule has 136 valence electrons. The van der Waals surface area contributed by atoms with Crippen LogP contribution in [0.4, 0.5) is 5.69 Å². The summed E-state index contributed by atoms with van der Waals surface area (Å²) in [5.74, 6) is -2.69. The average Bonchev–Trinajstić information content (AvgIpc) is 2.59. The van der Waals surface area contributed by atoms with Crippen molar-refractivity contribution in [1.29, 1.82) is 0 Å². The molecule has 0 saturated carbocycles. The Bertz CT molecular complexity index is 658. The monoisotopic (exact) mass is 350 g/mol. The highest BCUT2D eigenvalue weighted by atomic mass is 16.5. The molecule has 2 amide bonds. The lowest BCUT2D eigenvalue weighted by molar-refractivity contribution is -0.147. The van der Waals surface area contributed by atoms with Gasteiger partial charge in [-0.25, -0.2) is 4.79 Å². The second kappa shape index (κ2) is 9.41. The summed E-state index contributed by atoms with van der Waals surface area (Å²) in [6.45, 7) is 2.91. The highest BCUT2D eigenvalue weighted by Gasteiger charge is 2.28. The highest BCUT2D eigenvalue weighted by molar-refractivity contribution is 6.04. The highest BCUT2D eigenvalue weighted by Crippen LogP contribution is 2.16. The van der Waals surface area contributed by atoms with Gasteiger partial charge < -0.3 is 20.1 Å². The smallest absolute Gasteiger partial charge is 0.328 e. The summed E-state index contributed by atoms with van der Waals surface area (Å²) in [6.07, 6.45) is 0.0212. The molecule has 1 aromatic rings. The van der Waals surface area contributed by atoms with E-state index in [0.29, 0.717) is 5.69 Å². The Labute approximate surface area is 145 Å². The zero-order chi connectivity index (χ0) is 19.0. The number of rotatable bonds is 7. The van der Waals surface area contributed by atoms with Crippen LogP contribution in [0.3, 0.4) is 0 Å². The second-order valence-corrected chi connectivity index (χ2v) is 5.44. The number of ether oxygens (including phenoxy) is 2. The zero-order valence-electron chi connectivity index (χ0n) is 14.6. The molecule has 1 rings (SSSR count). The molecule has 0 spiro atoms. The molecule has 0 bridgehead atoms. The molecule has 0 radical (unpaired) electrons. The van der Waals surface area contributed by atoms with Gasteiger partial charge in [0.25, 0.3) is 5.91 Å². The largest absolute Gasteiger partial charge is 0.469 e. The Morgan fingerprint density at radius 2 is 1.64 bits per heavy atom. The number of hydrogen-bond acceptors (Lipinski definition) is 6. The molecule has 8 nitrogen and oxygen atoms in total. The molecule has 0 aliphatic rings. The summed E-state index contributed by atoms with van der Waals surface area (Å²) in [5, 5.41) is 5.08. The zero-order valence-corrected chi connectivity index (χ0v) is 14.6. The molecule has 0 heterocycles. The van der Waals surface area contributed by atoms with Crippen molar-refractivity contribution in [2.45, 2.75) is 26.3 Å². The fourth-order valence-electron chi connectivity index (χ4n) is 2.22. The van der Waals surface area contributed by atoms with Crippen molar-refractivity contribution in [3.63, 3.8) is 0 Å². The molecular weight excluding hydrogens is 328 g/mol. The lowest BCUT2D eigenvalue weighted by Crippen LogP contribution is -2.43. The summed E-state index contributed by atoms with van der Waals surface area (Å²) in [5.41, 5.74) is 0.509. The van der Waals surface area contributed by atoms with Crippen LogP contribution in [-0.4, -0.2) is 44.0 Å². The van der Waals surface area contributed by atoms with E-state index in [1.807, 2.05) is 0 Å². The first kappa shape index (κ1) is 20.1. The summed E-state index contributed by atoms with van der Waals surface area (Å²) < 4.78 is 9.31. The van der Waals surface area contributed by atoms with E-state index in [1.165, 1.54) is 27.2 Å². The van der Waals surface area contributed by atoms with Gasteiger partial charge in [-0.2, -0.15) is 0 Å². The average molecular weight is 350 g/mol. The van der Waals surface area contributed by atoms with Crippen molar-refractivity contribution in [3.8, 4) is 0 Å². The van der Waals surface area contributed by atoms with Crippen LogP contribution in [0.1, 0.15) is 30.6 Å². The summed E-state index contributed by atoms with van der Waals surface area (Å²) >= 11 is 0. The number of carbonyl (C=O) groups excluding carboxylic acids is 4. The van der Waals surface area contributed by atoms with Crippen LogP contribution >= 0.6 is 0 Å². The van der Waals surface area contributed by atoms with Crippen LogP contribution in [0.25, 0.3) is 0 Å². The number of para-hydroxylation sites is 1. The number of nitrogens with one attached hydrogen (secondary N) is 2. The van der Waals surface area contributed by atoms with E-state index in [4.69, 9.17) is 0 Å². The van der Waals surface area contributed by atoms with E-state index in [-0.39, 0.29) is 17.9 Å². The van der Waals surface area contributed by atoms with E-state index in [9.17, 15) is 19.2 Å². The third-order valence-corrected chi connectivity index (χ3v) is 3.47. The third-order valence-electron chi connectivity index (χ3n) is 3.47. The van der Waals surface area contributed by atoms with E-state index >= 15 is 0 Å². The minimum Gasteiger partial charge on any atom is -0.469 e. The van der Waals surface area contributed by atoms with Crippen molar-refractivity contribution in [3.05, 3.63) is 29.8 Å². The quantitative estimate of drug-likeness (QED) is 0.713. The molecule has 25 heavy (non-hydrogen) atoms. The van der Waals surface area contributed by atoms with Crippen LogP contribution in [0.15, 0.2) is 24.3 Å². The SMILES string of the molecule is COC(=O)[C@H](C)C[C@H](NC(=O)c1ccccc1NC(C)=O)C(=O)OC. The predicted molar refractivity (Wildman–Crippen MR) is 89.8 cm³/mol. The number of amides is 2. The fraction of sp³-hybridized carbons (Fsp3) is 0.412. The van der Waals surface area contributed by atoms with Crippen molar-refractivity contribution in [2.75, 3.05) is 19.5 Å². The first-order valence-electron chi connectivity index (χ1n) is 7.63. The molecule has 0 aliphatic heterocycles. The Morgan fingerprint density at radius 3 is 2.20 bits per heavy atom. The molecule has 0 aliphatic carbocycles. The van der Waals surface area contributed by atoms with Gasteiger partial charge in [0.1, 0.15) is 6.04 Å². The van der Waals surface area contributed by atoms with Crippen LogP contribution in [-0.2, 0) is 23.9 Å². The van der Waals surface area contributed by atoms with Gasteiger partial charge in [-0.15, -0.1) is 0 Å². The molecule has 1 aromatic carbocycles. The fourth-order valence-corrected chi connectivity index (χ4v) is 2.22. The van der Waals surface area contributed by atoms with E-state index in [0.717, 1.165) is 0 Å². The summed E-state index contributed by atoms with van der Waals surface area (Å²) in [6, 6.07) is 5.35. The lowest BCUT2D eigenvalue weighted by Gasteiger charge is -2.20. The maximum Gasteiger partial charge on any atom is 0.328 e. The molecule has 8 heteroatoms. The number of carbonyl (C=O) groups is 4. The normalized spacial score (nSPS) is 12.5. The van der Waals surface area contributed by atoms with Gasteiger partial charge in [-0.05, 0) is 18.6 Å². The van der Waals surface area contributed by atoms with Crippen LogP contribution in [0.5, 0.6) is 0 Å². The van der Waals surface area contributed by atoms with Gasteiger partial charge in [-0.1, -0.05) is 19.1 Å². The molecule has 0 fully saturated rings. The first-order valence-corrected chi connectivity index (χ1v) is 7.63. The summed E-state index contributed by atoms with van der Waals surface area (Å²) in [7, 11) is 2.43. The topological polar surface area (TPSA) is 111 Å². The molecule has 2 atom stereocenters. The standard InChI is InChI=1S/C17H22N2O6/c1-10(16(22)24-3)9-14(17(23)25-4)19-15(21)12-7-5-6-8-13(12)18-11(2)20/h5-8,10,14H,9H2,1-4H3,(H,18,20)(H,19,21)/t10-,14+/m1/s1. The van der Waals surface area contributed by atoms with Gasteiger partial charge >= 0.3 is 11.9 Å². The third kappa shape index (κ3) is 5.91. The number of hydrogen-bond donors (Lipinski definition) is 2. The van der Waals surface area contributed by atoms with Crippen LogP contribution in [0, 0.1) is 5.92 Å². The minimum absolute atomic E-state index is 0.0212. The van der Waals surface area contributed by atoms with Gasteiger partial charge in [0, 0.05) is 6.92 Å². The van der Waals surface area contributed by atoms with Gasteiger partial charge in [0.05, 0.1) is 31.4 Å². The van der Waals surface area contributed by atoms with Crippen molar-refractivity contribution in [1.82, 2.24) is 5.32 Å². The first-order chi connectivity index (χ1) is 11.8. The van der Waals surface area contributed by atoms with E-state index < -0.39 is 29.8 Å². The molecular formula is C17H22N2O6. The predicted octanol–water partition coefficient (Wildman–Crippen LogP) is 1.12. The Hall–Kier alpha value is -2.90. The van der Waals surface area contributed by atoms with E-state index in [2.05, 4.69) is 20.1 Å². The Kier molecular flexibility index (Phi) is 7.58. The van der Waals surface area contributed by atoms with Crippen LogP contribution < -0.4 is 10.6 Å². The van der Waals surface area contributed by atoms with Crippen LogP contribution in [0.2, 0.25) is 0 Å². The van der Waals surface area contributed by atoms with E-state index in [1.54, 1.807) is 25.1 Å². The number of esters is 2. The molecule has 0 aromatic heterocycles. The van der Waals surface area contributed by atoms with Crippen molar-refractivity contribution >= 4 is 29.4 Å². The Morgan fingerprint density at radius 1 is 1.04 bits per heavy atom. The molecule has 0 saturated heterocycles.